The van der Waals surface area contributed by atoms with Gasteiger partial charge in [-0.2, -0.15) is 0 Å². The van der Waals surface area contributed by atoms with Gasteiger partial charge in [0.2, 0.25) is 0 Å². The van der Waals surface area contributed by atoms with Gasteiger partial charge in [0.25, 0.3) is 0 Å². The van der Waals surface area contributed by atoms with Gasteiger partial charge >= 0.3 is 5.97 Å². The molecule has 5 nitrogen and oxygen atoms in total. The topological polar surface area (TPSA) is 65.0 Å². The number of aliphatic carboxylic acids is 1. The van der Waals surface area contributed by atoms with Crippen molar-refractivity contribution in [3.63, 3.8) is 0 Å². The van der Waals surface area contributed by atoms with E-state index in [4.69, 9.17) is 14.2 Å². The first-order chi connectivity index (χ1) is 12.0. The summed E-state index contributed by atoms with van der Waals surface area (Å²) in [4.78, 5) is 11.8. The van der Waals surface area contributed by atoms with Crippen molar-refractivity contribution in [2.75, 3.05) is 20.3 Å². The summed E-state index contributed by atoms with van der Waals surface area (Å²) in [5.41, 5.74) is 2.12. The molecule has 1 spiro atoms. The van der Waals surface area contributed by atoms with E-state index in [0.717, 1.165) is 26.9 Å². The molecule has 3 rings (SSSR count). The van der Waals surface area contributed by atoms with Gasteiger partial charge in [0.15, 0.2) is 5.79 Å². The molecule has 1 unspecified atom stereocenters. The average molecular weight is 465 g/mol. The number of ether oxygens (including phenoxy) is 3. The Kier molecular flexibility index (Phi) is 8.04. The van der Waals surface area contributed by atoms with Crippen LogP contribution in [0.2, 0.25) is 0 Å². The molecule has 1 atom stereocenters. The van der Waals surface area contributed by atoms with Gasteiger partial charge in [0.1, 0.15) is 5.75 Å². The molecule has 1 N–H and O–H groups in total. The van der Waals surface area contributed by atoms with Crippen molar-refractivity contribution in [1.29, 1.82) is 0 Å². The molecule has 0 amide bonds. The van der Waals surface area contributed by atoms with E-state index in [9.17, 15) is 9.90 Å². The summed E-state index contributed by atoms with van der Waals surface area (Å²) < 4.78 is 17.8. The average Bonchev–Trinajstić information content (AvgIpc) is 3.06. The first-order valence-electron chi connectivity index (χ1n) is 8.55. The molecular formula is C19H23ILiO5. The number of carbonyl (C=O) groups is 1. The smallest absolute Gasteiger partial charge is 0.310 e. The molecule has 1 aromatic rings. The Labute approximate surface area is 179 Å². The number of aryl methyl sites for hydroxylation is 1. The molecule has 1 radical (unpaired) electrons. The Balaban J connectivity index is 0.00000243. The predicted molar refractivity (Wildman–Crippen MR) is 107 cm³/mol. The van der Waals surface area contributed by atoms with Crippen molar-refractivity contribution in [2.24, 2.45) is 5.92 Å². The number of carboxylic acid groups (broad SMARTS) is 1. The Morgan fingerprint density at radius 1 is 1.38 bits per heavy atom. The molecule has 0 saturated carbocycles. The van der Waals surface area contributed by atoms with E-state index in [1.54, 1.807) is 7.11 Å². The predicted octanol–water partition coefficient (Wildman–Crippen LogP) is 3.41. The molecule has 1 aromatic carbocycles. The van der Waals surface area contributed by atoms with Crippen LogP contribution in [0.25, 0.3) is 0 Å². The summed E-state index contributed by atoms with van der Waals surface area (Å²) in [5.74, 6) is -0.917. The quantitative estimate of drug-likeness (QED) is 0.397. The summed E-state index contributed by atoms with van der Waals surface area (Å²) in [6.45, 7) is 1.25. The molecule has 1 heterocycles. The van der Waals surface area contributed by atoms with Gasteiger partial charge in [0, 0.05) is 35.3 Å². The second kappa shape index (κ2) is 9.61. The second-order valence-electron chi connectivity index (χ2n) is 6.48. The third kappa shape index (κ3) is 5.05. The Morgan fingerprint density at radius 3 is 2.69 bits per heavy atom. The monoisotopic (exact) mass is 465 g/mol. The first kappa shape index (κ1) is 21.8. The maximum Gasteiger partial charge on any atom is 0.310 e. The van der Waals surface area contributed by atoms with E-state index < -0.39 is 17.7 Å². The molecule has 1 aliphatic heterocycles. The molecule has 0 aromatic heterocycles. The minimum atomic E-state index is -0.756. The second-order valence-corrected chi connectivity index (χ2v) is 7.64. The van der Waals surface area contributed by atoms with E-state index in [1.807, 2.05) is 24.3 Å². The van der Waals surface area contributed by atoms with Gasteiger partial charge in [-0.25, -0.2) is 0 Å². The standard InChI is InChI=1S/C19H23IO5.Li/c1-23-15-3-5-17(20)14(12-15)2-4-16(18(21)22)13-6-8-19(9-7-13)24-10-11-25-19;/h3,5-6,12,16H,2,4,7-11H2,1H3,(H,21,22);. The van der Waals surface area contributed by atoms with Crippen LogP contribution in [-0.2, 0) is 20.7 Å². The molecule has 137 valence electrons. The van der Waals surface area contributed by atoms with Crippen molar-refractivity contribution in [3.05, 3.63) is 39.0 Å². The number of halogens is 1. The normalized spacial score (nSPS) is 19.5. The third-order valence-electron chi connectivity index (χ3n) is 4.98. The van der Waals surface area contributed by atoms with Crippen molar-refractivity contribution < 1.29 is 24.1 Å². The van der Waals surface area contributed by atoms with E-state index in [2.05, 4.69) is 22.6 Å². The summed E-state index contributed by atoms with van der Waals surface area (Å²) >= 11 is 2.28. The molecule has 2 aliphatic rings. The van der Waals surface area contributed by atoms with Gasteiger partial charge in [-0.15, -0.1) is 0 Å². The van der Waals surface area contributed by atoms with Gasteiger partial charge in [-0.05, 0) is 65.6 Å². The molecule has 0 bridgehead atoms. The number of hydrogen-bond donors (Lipinski definition) is 1. The summed E-state index contributed by atoms with van der Waals surface area (Å²) in [6, 6.07) is 5.92. The summed E-state index contributed by atoms with van der Waals surface area (Å²) in [7, 11) is 1.64. The number of benzene rings is 1. The van der Waals surface area contributed by atoms with Crippen LogP contribution in [0.5, 0.6) is 5.75 Å². The number of hydrogen-bond acceptors (Lipinski definition) is 4. The number of rotatable bonds is 6. The van der Waals surface area contributed by atoms with Crippen LogP contribution >= 0.6 is 22.6 Å². The van der Waals surface area contributed by atoms with Crippen molar-refractivity contribution in [1.82, 2.24) is 0 Å². The van der Waals surface area contributed by atoms with E-state index in [1.165, 1.54) is 0 Å². The van der Waals surface area contributed by atoms with Crippen LogP contribution in [-0.4, -0.2) is 56.0 Å². The SMILES string of the molecule is COc1ccc(I)c(CCC(C(=O)O)C2=CCC3(CC2)OCCO3)c1.[Li]. The van der Waals surface area contributed by atoms with Crippen LogP contribution in [0, 0.1) is 9.49 Å². The van der Waals surface area contributed by atoms with Crippen LogP contribution in [0.3, 0.4) is 0 Å². The zero-order chi connectivity index (χ0) is 17.9. The molecule has 1 saturated heterocycles. The Hall–Kier alpha value is -0.523. The number of carboxylic acids is 1. The maximum absolute atomic E-state index is 11.8. The fourth-order valence-corrected chi connectivity index (χ4v) is 4.14. The van der Waals surface area contributed by atoms with Crippen LogP contribution in [0.1, 0.15) is 31.2 Å². The van der Waals surface area contributed by atoms with Gasteiger partial charge in [-0.3, -0.25) is 4.79 Å². The molecule has 7 heteroatoms. The van der Waals surface area contributed by atoms with Crippen molar-refractivity contribution >= 4 is 47.4 Å². The van der Waals surface area contributed by atoms with Crippen LogP contribution in [0.4, 0.5) is 0 Å². The largest absolute Gasteiger partial charge is 0.497 e. The first-order valence-corrected chi connectivity index (χ1v) is 9.63. The van der Waals surface area contributed by atoms with E-state index >= 15 is 0 Å². The van der Waals surface area contributed by atoms with Crippen molar-refractivity contribution in [2.45, 2.75) is 37.9 Å². The minimum Gasteiger partial charge on any atom is -0.497 e. The number of methoxy groups -OCH3 is 1. The fraction of sp³-hybridized carbons (Fsp3) is 0.526. The van der Waals surface area contributed by atoms with E-state index in [0.29, 0.717) is 38.9 Å². The molecule has 1 fully saturated rings. The summed E-state index contributed by atoms with van der Waals surface area (Å²) in [6.07, 6.45) is 5.40. The molecular weight excluding hydrogens is 442 g/mol. The molecule has 26 heavy (non-hydrogen) atoms. The van der Waals surface area contributed by atoms with Gasteiger partial charge in [-0.1, -0.05) is 11.6 Å². The Morgan fingerprint density at radius 2 is 2.12 bits per heavy atom. The molecule has 1 aliphatic carbocycles. The third-order valence-corrected chi connectivity index (χ3v) is 6.04. The fourth-order valence-electron chi connectivity index (χ4n) is 3.54. The van der Waals surface area contributed by atoms with Crippen LogP contribution < -0.4 is 4.74 Å². The Bertz CT molecular complexity index is 670. The zero-order valence-corrected chi connectivity index (χ0v) is 17.5. The zero-order valence-electron chi connectivity index (χ0n) is 15.3. The van der Waals surface area contributed by atoms with E-state index in [-0.39, 0.29) is 18.9 Å². The van der Waals surface area contributed by atoms with Gasteiger partial charge in [0.05, 0.1) is 26.2 Å². The van der Waals surface area contributed by atoms with Gasteiger partial charge < -0.3 is 19.3 Å². The minimum absolute atomic E-state index is 0. The van der Waals surface area contributed by atoms with Crippen LogP contribution in [0.15, 0.2) is 29.8 Å². The summed E-state index contributed by atoms with van der Waals surface area (Å²) in [5, 5.41) is 9.70. The van der Waals surface area contributed by atoms with Crippen molar-refractivity contribution in [3.8, 4) is 5.75 Å². The maximum atomic E-state index is 11.8.